The Bertz CT molecular complexity index is 2530. The Morgan fingerprint density at radius 2 is 0.592 bits per heavy atom. The molecule has 47 heteroatoms. The Labute approximate surface area is 581 Å². The highest BCUT2D eigenvalue weighted by molar-refractivity contribution is 5.73. The minimum atomic E-state index is -2.59. The number of rotatable bonds is 30. The maximum Gasteiger partial charge on any atom is 0.217 e. The van der Waals surface area contributed by atoms with Crippen molar-refractivity contribution in [1.29, 1.82) is 0 Å². The molecule has 8 aliphatic heterocycles. The summed E-state index contributed by atoms with van der Waals surface area (Å²) in [4.78, 5) is 12.2. The summed E-state index contributed by atoms with van der Waals surface area (Å²) < 4.78 is 92.4. The van der Waals surface area contributed by atoms with Crippen molar-refractivity contribution in [1.82, 2.24) is 5.32 Å². The van der Waals surface area contributed by atoms with Crippen molar-refractivity contribution in [3.05, 3.63) is 0 Å². The second kappa shape index (κ2) is 38.1. The van der Waals surface area contributed by atoms with E-state index < -0.39 is 342 Å². The molecule has 8 rings (SSSR count). The van der Waals surface area contributed by atoms with E-state index in [1.165, 1.54) is 0 Å². The van der Waals surface area contributed by atoms with Gasteiger partial charge in [0.2, 0.25) is 5.91 Å². The number of aliphatic hydroxyl groups is 29. The van der Waals surface area contributed by atoms with E-state index in [0.29, 0.717) is 0 Å². The number of aliphatic hydroxyl groups excluding tert-OH is 29. The van der Waals surface area contributed by atoms with E-state index in [0.717, 1.165) is 6.92 Å². The molecular weight excluding hydrogens is 1420 g/mol. The average molecular weight is 1520 g/mol. The van der Waals surface area contributed by atoms with Crippen molar-refractivity contribution < 1.29 is 229 Å². The van der Waals surface area contributed by atoms with Crippen LogP contribution in [0, 0.1) is 0 Å². The third-order valence-electron chi connectivity index (χ3n) is 18.8. The molecule has 0 aromatic carbocycles. The van der Waals surface area contributed by atoms with E-state index in [1.807, 2.05) is 0 Å². The van der Waals surface area contributed by atoms with Gasteiger partial charge in [-0.1, -0.05) is 0 Å². The highest BCUT2D eigenvalue weighted by Crippen LogP contribution is 2.39. The molecule has 30 N–H and O–H groups in total. The molecule has 602 valence electrons. The zero-order chi connectivity index (χ0) is 76.1. The summed E-state index contributed by atoms with van der Waals surface area (Å²) in [6, 6.07) is -1.76. The molecule has 1 amide bonds. The number of carbonyl (C=O) groups is 1. The normalized spacial score (nSPS) is 49.1. The molecule has 0 unspecified atom stereocenters. The van der Waals surface area contributed by atoms with Crippen LogP contribution in [0.15, 0.2) is 0 Å². The minimum absolute atomic E-state index is 0.880. The number of ether oxygens (including phenoxy) is 16. The molecule has 8 heterocycles. The van der Waals surface area contributed by atoms with Crippen molar-refractivity contribution in [2.45, 2.75) is 277 Å². The molecular formula is C56H97NO46. The molecule has 44 atom stereocenters. The molecule has 0 aromatic heterocycles. The lowest BCUT2D eigenvalue weighted by atomic mass is 9.95. The van der Waals surface area contributed by atoms with E-state index in [2.05, 4.69) is 5.32 Å². The number of amides is 1. The first-order valence-corrected chi connectivity index (χ1v) is 32.6. The number of hydrogen-bond acceptors (Lipinski definition) is 46. The lowest BCUT2D eigenvalue weighted by molar-refractivity contribution is -0.406. The third kappa shape index (κ3) is 19.0. The second-order valence-corrected chi connectivity index (χ2v) is 25.8. The Morgan fingerprint density at radius 3 is 0.942 bits per heavy atom. The van der Waals surface area contributed by atoms with Gasteiger partial charge in [0, 0.05) is 6.92 Å². The lowest BCUT2D eigenvalue weighted by Crippen LogP contribution is -2.68. The van der Waals surface area contributed by atoms with Gasteiger partial charge < -0.3 is 229 Å². The average Bonchev–Trinajstić information content (AvgIpc) is 0.773. The molecule has 0 aliphatic carbocycles. The van der Waals surface area contributed by atoms with Crippen LogP contribution in [-0.4, -0.2) is 490 Å². The first kappa shape index (κ1) is 86.3. The summed E-state index contributed by atoms with van der Waals surface area (Å²) in [5.74, 6) is -0.880. The lowest BCUT2D eigenvalue weighted by Gasteiger charge is -2.50. The van der Waals surface area contributed by atoms with E-state index >= 15 is 0 Å². The molecule has 8 fully saturated rings. The SMILES string of the molecule is CC(=O)N[C@@H](CO)[C@@H](O)[C@H](O[C@@H]1O[C@H](CO[C@H]2O[C@H](CO[C@H]3O[C@H](CO)[C@@H](O)[C@H](O)[C@@H]3O[C@H]3O[C@H](CO)[C@@H](O)[C@H](O)[C@@H]3O)[C@@H](O)[C@H](O[C@H]3O[C@H](CO)[C@@H](O)[C@H](O)[C@@H]3O)[C@@H]2O)[C@@H](O)[C@H](O[C@H]2O[C@H](CO)[C@@H](O)[C@H](O)[C@@H]2O[C@H]2O[C@H](CO)[C@@H](O)[C@H](O)[C@@H]2O[C@H]2O[C@H](CO)[C@@H](O)[C@H](O)[C@@H]2O)[C@@H]1O)[C@H](O)CO. The Balaban J connectivity index is 1.13. The first-order chi connectivity index (χ1) is 48.7. The van der Waals surface area contributed by atoms with Crippen LogP contribution in [0.2, 0.25) is 0 Å². The topological polar surface area (TPSA) is 763 Å². The highest BCUT2D eigenvalue weighted by atomic mass is 16.8. The van der Waals surface area contributed by atoms with Crippen molar-refractivity contribution >= 4 is 5.91 Å². The van der Waals surface area contributed by atoms with Crippen LogP contribution < -0.4 is 5.32 Å². The summed E-state index contributed by atoms with van der Waals surface area (Å²) >= 11 is 0. The van der Waals surface area contributed by atoms with Gasteiger partial charge in [0.05, 0.1) is 72.1 Å². The minimum Gasteiger partial charge on any atom is -0.394 e. The fourth-order valence-electron chi connectivity index (χ4n) is 12.7. The molecule has 0 radical (unpaired) electrons. The largest absolute Gasteiger partial charge is 0.394 e. The summed E-state index contributed by atoms with van der Waals surface area (Å²) in [7, 11) is 0. The van der Waals surface area contributed by atoms with Crippen LogP contribution >= 0.6 is 0 Å². The Kier molecular flexibility index (Phi) is 31.9. The van der Waals surface area contributed by atoms with Crippen molar-refractivity contribution in [3.8, 4) is 0 Å². The van der Waals surface area contributed by atoms with Gasteiger partial charge in [-0.25, -0.2) is 0 Å². The van der Waals surface area contributed by atoms with E-state index in [-0.39, 0.29) is 0 Å². The van der Waals surface area contributed by atoms with E-state index in [4.69, 9.17) is 75.8 Å². The molecule has 0 aromatic rings. The van der Waals surface area contributed by atoms with Crippen LogP contribution in [0.5, 0.6) is 0 Å². The summed E-state index contributed by atoms with van der Waals surface area (Å²) in [5.41, 5.74) is 0. The van der Waals surface area contributed by atoms with Gasteiger partial charge in [-0.3, -0.25) is 4.79 Å². The molecule has 8 aliphatic rings. The number of carbonyl (C=O) groups excluding carboxylic acids is 1. The molecule has 8 saturated heterocycles. The van der Waals surface area contributed by atoms with Crippen LogP contribution in [0.25, 0.3) is 0 Å². The van der Waals surface area contributed by atoms with Crippen LogP contribution in [0.4, 0.5) is 0 Å². The molecule has 0 saturated carbocycles. The van der Waals surface area contributed by atoms with Gasteiger partial charge in [-0.05, 0) is 0 Å². The third-order valence-corrected chi connectivity index (χ3v) is 18.8. The van der Waals surface area contributed by atoms with Crippen molar-refractivity contribution in [2.24, 2.45) is 0 Å². The van der Waals surface area contributed by atoms with Gasteiger partial charge in [0.1, 0.15) is 214 Å². The van der Waals surface area contributed by atoms with Gasteiger partial charge in [-0.15, -0.1) is 0 Å². The van der Waals surface area contributed by atoms with Crippen molar-refractivity contribution in [3.63, 3.8) is 0 Å². The molecule has 0 bridgehead atoms. The molecule has 0 spiro atoms. The highest BCUT2D eigenvalue weighted by Gasteiger charge is 2.60. The monoisotopic (exact) mass is 1520 g/mol. The smallest absolute Gasteiger partial charge is 0.217 e. The summed E-state index contributed by atoms with van der Waals surface area (Å²) in [6.45, 7) is -10.2. The van der Waals surface area contributed by atoms with Crippen LogP contribution in [0.3, 0.4) is 0 Å². The van der Waals surface area contributed by atoms with Crippen LogP contribution in [0.1, 0.15) is 6.92 Å². The predicted molar refractivity (Wildman–Crippen MR) is 311 cm³/mol. The Hall–Kier alpha value is -2.33. The van der Waals surface area contributed by atoms with Gasteiger partial charge in [-0.2, -0.15) is 0 Å². The zero-order valence-corrected chi connectivity index (χ0v) is 54.4. The van der Waals surface area contributed by atoms with Gasteiger partial charge in [0.25, 0.3) is 0 Å². The number of nitrogens with one attached hydrogen (secondary N) is 1. The summed E-state index contributed by atoms with van der Waals surface area (Å²) in [6.07, 6.45) is -92.9. The van der Waals surface area contributed by atoms with Crippen molar-refractivity contribution in [2.75, 3.05) is 66.1 Å². The van der Waals surface area contributed by atoms with E-state index in [1.54, 1.807) is 0 Å². The zero-order valence-electron chi connectivity index (χ0n) is 54.4. The first-order valence-electron chi connectivity index (χ1n) is 32.6. The fourth-order valence-corrected chi connectivity index (χ4v) is 12.7. The predicted octanol–water partition coefficient (Wildman–Crippen LogP) is -20.8. The maximum absolute atomic E-state index is 12.4. The van der Waals surface area contributed by atoms with E-state index in [9.17, 15) is 153 Å². The van der Waals surface area contributed by atoms with Gasteiger partial charge >= 0.3 is 0 Å². The second-order valence-electron chi connectivity index (χ2n) is 25.8. The standard InChI is InChI=1S/C56H97NO46/c1-12(66)57-13(2-58)23(68)43(14(67)3-59)98-53-42(87)45(100-55-48(37(82)29(74)19(8-64)94-55)103-56-47(36(81)28(73)20(9-65)95-56)102-52-40(85)34(79)26(71)17(6-62)92-52)31(76)22(97-53)10-88-49-41(86)44(99-50-38(83)32(77)24(69)15(4-60)90-50)30(75)21(96-49)11-89-54-46(35(80)27(72)18(7-63)93-54)101-51-39(84)33(78)25(70)16(5-61)91-51/h13-56,58-65,67-87H,2-11H2,1H3,(H,57,66)/t13-,14+,15+,16+,17+,18+,19+,20+,21+,22+,23+,24+,25+,26+,27+,28+,29+,30+,31+,32-,33-,34-,35-,36-,37-,38-,39-,40-,41-,42-,43+,44-,45-,46-,47-,48-,49-,50+,51+,52+,53-,54-,55+,56+/m0/s1. The van der Waals surface area contributed by atoms with Gasteiger partial charge in [0.15, 0.2) is 50.3 Å². The maximum atomic E-state index is 12.4. The molecule has 103 heavy (non-hydrogen) atoms. The van der Waals surface area contributed by atoms with Crippen LogP contribution in [-0.2, 0) is 80.6 Å². The fraction of sp³-hybridized carbons (Fsp3) is 0.982. The number of hydrogen-bond donors (Lipinski definition) is 30. The summed E-state index contributed by atoms with van der Waals surface area (Å²) in [5, 5.41) is 318. The quantitative estimate of drug-likeness (QED) is 0.0318. The molecule has 47 nitrogen and oxygen atoms in total. The Morgan fingerprint density at radius 1 is 0.311 bits per heavy atom.